The molecule has 0 aliphatic rings. The fourth-order valence-electron chi connectivity index (χ4n) is 1.33. The van der Waals surface area contributed by atoms with E-state index in [1.54, 1.807) is 4.68 Å². The van der Waals surface area contributed by atoms with Crippen molar-refractivity contribution in [3.05, 3.63) is 41.5 Å². The van der Waals surface area contributed by atoms with Gasteiger partial charge in [-0.3, -0.25) is 4.98 Å². The molecule has 0 saturated carbocycles. The van der Waals surface area contributed by atoms with Gasteiger partial charge in [0, 0.05) is 5.69 Å². The van der Waals surface area contributed by atoms with E-state index in [4.69, 9.17) is 11.6 Å². The Hall–Kier alpha value is -1.42. The molecule has 2 aromatic heterocycles. The molecule has 0 unspecified atom stereocenters. The highest BCUT2D eigenvalue weighted by molar-refractivity contribution is 6.16. The lowest BCUT2D eigenvalue weighted by atomic mass is 10.3. The van der Waals surface area contributed by atoms with Gasteiger partial charge in [-0.15, -0.1) is 16.7 Å². The Kier molecular flexibility index (Phi) is 2.97. The van der Waals surface area contributed by atoms with Gasteiger partial charge in [-0.2, -0.15) is 0 Å². The second-order valence-electron chi connectivity index (χ2n) is 3.31. The summed E-state index contributed by atoms with van der Waals surface area (Å²) in [7, 11) is 0. The van der Waals surface area contributed by atoms with Gasteiger partial charge in [0.1, 0.15) is 0 Å². The molecule has 0 bridgehead atoms. The minimum absolute atomic E-state index is 0.390. The van der Waals surface area contributed by atoms with Crippen molar-refractivity contribution in [2.24, 2.45) is 0 Å². The zero-order valence-electron chi connectivity index (χ0n) is 8.39. The number of aryl methyl sites for hydroxylation is 1. The van der Waals surface area contributed by atoms with Crippen LogP contribution in [0.4, 0.5) is 0 Å². The molecule has 4 nitrogen and oxygen atoms in total. The topological polar surface area (TPSA) is 43.6 Å². The number of hydrogen-bond donors (Lipinski definition) is 0. The standard InChI is InChI=1S/C10H11ClN4/c1-8-3-2-4-9(12-8)6-15-7-10(5-11)13-14-15/h2-4,7H,5-6H2,1H3. The van der Waals surface area contributed by atoms with Crippen LogP contribution < -0.4 is 0 Å². The average Bonchev–Trinajstić information content (AvgIpc) is 2.65. The summed E-state index contributed by atoms with van der Waals surface area (Å²) in [5.41, 5.74) is 2.76. The number of rotatable bonds is 3. The molecule has 0 amide bonds. The summed E-state index contributed by atoms with van der Waals surface area (Å²) in [4.78, 5) is 4.38. The molecule has 15 heavy (non-hydrogen) atoms. The molecular weight excluding hydrogens is 212 g/mol. The highest BCUT2D eigenvalue weighted by atomic mass is 35.5. The number of pyridine rings is 1. The first kappa shape index (κ1) is 10.1. The van der Waals surface area contributed by atoms with E-state index < -0.39 is 0 Å². The summed E-state index contributed by atoms with van der Waals surface area (Å²) < 4.78 is 1.74. The van der Waals surface area contributed by atoms with Crippen LogP contribution in [-0.4, -0.2) is 20.0 Å². The van der Waals surface area contributed by atoms with Crippen LogP contribution in [0.2, 0.25) is 0 Å². The third kappa shape index (κ3) is 2.53. The van der Waals surface area contributed by atoms with Gasteiger partial charge in [0.05, 0.1) is 30.0 Å². The van der Waals surface area contributed by atoms with Crippen LogP contribution in [-0.2, 0) is 12.4 Å². The first-order valence-corrected chi connectivity index (χ1v) is 5.19. The van der Waals surface area contributed by atoms with Gasteiger partial charge in [-0.05, 0) is 19.1 Å². The Balaban J connectivity index is 2.14. The predicted molar refractivity (Wildman–Crippen MR) is 57.7 cm³/mol. The zero-order chi connectivity index (χ0) is 10.7. The van der Waals surface area contributed by atoms with Crippen molar-refractivity contribution in [3.63, 3.8) is 0 Å². The summed E-state index contributed by atoms with van der Waals surface area (Å²) in [6, 6.07) is 5.92. The van der Waals surface area contributed by atoms with E-state index in [9.17, 15) is 0 Å². The number of halogens is 1. The average molecular weight is 223 g/mol. The van der Waals surface area contributed by atoms with Crippen molar-refractivity contribution < 1.29 is 0 Å². The predicted octanol–water partition coefficient (Wildman–Crippen LogP) is 1.77. The monoisotopic (exact) mass is 222 g/mol. The number of hydrogen-bond acceptors (Lipinski definition) is 3. The second-order valence-corrected chi connectivity index (χ2v) is 3.58. The first-order chi connectivity index (χ1) is 7.28. The molecule has 0 aliphatic carbocycles. The van der Waals surface area contributed by atoms with E-state index in [-0.39, 0.29) is 0 Å². The second kappa shape index (κ2) is 4.40. The van der Waals surface area contributed by atoms with E-state index in [1.165, 1.54) is 0 Å². The lowest BCUT2D eigenvalue weighted by Gasteiger charge is -2.00. The molecule has 0 spiro atoms. The number of alkyl halides is 1. The fourth-order valence-corrected chi connectivity index (χ4v) is 1.45. The molecule has 0 atom stereocenters. The van der Waals surface area contributed by atoms with E-state index in [2.05, 4.69) is 15.3 Å². The van der Waals surface area contributed by atoms with Crippen LogP contribution in [0.25, 0.3) is 0 Å². The maximum Gasteiger partial charge on any atom is 0.0974 e. The summed E-state index contributed by atoms with van der Waals surface area (Å²) in [6.07, 6.45) is 1.83. The van der Waals surface area contributed by atoms with Crippen LogP contribution in [0.3, 0.4) is 0 Å². The highest BCUT2D eigenvalue weighted by Gasteiger charge is 2.01. The summed E-state index contributed by atoms with van der Waals surface area (Å²) in [5, 5.41) is 7.86. The van der Waals surface area contributed by atoms with Crippen molar-refractivity contribution in [1.29, 1.82) is 0 Å². The van der Waals surface area contributed by atoms with Crippen molar-refractivity contribution in [2.45, 2.75) is 19.3 Å². The maximum atomic E-state index is 5.64. The van der Waals surface area contributed by atoms with Gasteiger partial charge in [0.25, 0.3) is 0 Å². The van der Waals surface area contributed by atoms with E-state index in [0.717, 1.165) is 17.1 Å². The molecule has 5 heteroatoms. The van der Waals surface area contributed by atoms with Crippen LogP contribution in [0.5, 0.6) is 0 Å². The molecule has 2 aromatic rings. The minimum Gasteiger partial charge on any atom is -0.256 e. The molecule has 2 rings (SSSR count). The normalized spacial score (nSPS) is 10.5. The smallest absolute Gasteiger partial charge is 0.0974 e. The largest absolute Gasteiger partial charge is 0.256 e. The van der Waals surface area contributed by atoms with Crippen LogP contribution >= 0.6 is 11.6 Å². The van der Waals surface area contributed by atoms with Gasteiger partial charge < -0.3 is 0 Å². The van der Waals surface area contributed by atoms with Gasteiger partial charge in [0.15, 0.2) is 0 Å². The molecule has 0 aromatic carbocycles. The third-order valence-electron chi connectivity index (χ3n) is 1.99. The Labute approximate surface area is 92.9 Å². The zero-order valence-corrected chi connectivity index (χ0v) is 9.15. The summed E-state index contributed by atoms with van der Waals surface area (Å²) in [5.74, 6) is 0.390. The van der Waals surface area contributed by atoms with Crippen LogP contribution in [0.1, 0.15) is 17.1 Å². The number of nitrogens with zero attached hydrogens (tertiary/aromatic N) is 4. The Bertz CT molecular complexity index is 452. The fraction of sp³-hybridized carbons (Fsp3) is 0.300. The van der Waals surface area contributed by atoms with Gasteiger partial charge in [-0.1, -0.05) is 11.3 Å². The maximum absolute atomic E-state index is 5.64. The van der Waals surface area contributed by atoms with Crippen molar-refractivity contribution >= 4 is 11.6 Å². The van der Waals surface area contributed by atoms with Gasteiger partial charge in [0.2, 0.25) is 0 Å². The molecule has 0 radical (unpaired) electrons. The molecule has 0 saturated heterocycles. The molecule has 2 heterocycles. The summed E-state index contributed by atoms with van der Waals surface area (Å²) >= 11 is 5.64. The third-order valence-corrected chi connectivity index (χ3v) is 2.27. The minimum atomic E-state index is 0.390. The highest BCUT2D eigenvalue weighted by Crippen LogP contribution is 2.02. The molecule has 78 valence electrons. The van der Waals surface area contributed by atoms with Crippen LogP contribution in [0.15, 0.2) is 24.4 Å². The molecular formula is C10H11ClN4. The van der Waals surface area contributed by atoms with E-state index in [1.807, 2.05) is 31.3 Å². The van der Waals surface area contributed by atoms with Crippen molar-refractivity contribution in [3.8, 4) is 0 Å². The quantitative estimate of drug-likeness (QED) is 0.744. The van der Waals surface area contributed by atoms with Crippen LogP contribution in [0, 0.1) is 6.92 Å². The van der Waals surface area contributed by atoms with E-state index >= 15 is 0 Å². The summed E-state index contributed by atoms with van der Waals surface area (Å²) in [6.45, 7) is 2.60. The SMILES string of the molecule is Cc1cccc(Cn2cc(CCl)nn2)n1. The molecule has 0 N–H and O–H groups in total. The van der Waals surface area contributed by atoms with Gasteiger partial charge >= 0.3 is 0 Å². The Morgan fingerprint density at radius 3 is 2.87 bits per heavy atom. The lowest BCUT2D eigenvalue weighted by molar-refractivity contribution is 0.637. The van der Waals surface area contributed by atoms with Gasteiger partial charge in [-0.25, -0.2) is 4.68 Å². The first-order valence-electron chi connectivity index (χ1n) is 4.65. The Morgan fingerprint density at radius 2 is 2.20 bits per heavy atom. The molecule has 0 fully saturated rings. The number of aromatic nitrogens is 4. The lowest BCUT2D eigenvalue weighted by Crippen LogP contribution is -2.02. The van der Waals surface area contributed by atoms with E-state index in [0.29, 0.717) is 12.4 Å². The van der Waals surface area contributed by atoms with Crippen molar-refractivity contribution in [2.75, 3.05) is 0 Å². The van der Waals surface area contributed by atoms with Crippen molar-refractivity contribution in [1.82, 2.24) is 20.0 Å². The Morgan fingerprint density at radius 1 is 1.33 bits per heavy atom. The molecule has 0 aliphatic heterocycles.